The number of rotatable bonds is 36. The highest BCUT2D eigenvalue weighted by Crippen LogP contribution is 2.12. The van der Waals surface area contributed by atoms with Crippen molar-refractivity contribution in [2.75, 3.05) is 41.0 Å². The summed E-state index contributed by atoms with van der Waals surface area (Å²) in [6.07, 6.45) is 45.0. The molecular formula is C46H77NO7. The van der Waals surface area contributed by atoms with E-state index < -0.39 is 18.1 Å². The number of nitrogens with zero attached hydrogens (tertiary/aromatic N) is 1. The summed E-state index contributed by atoms with van der Waals surface area (Å²) >= 11 is 0. The summed E-state index contributed by atoms with van der Waals surface area (Å²) in [5, 5.41) is 11.6. The smallest absolute Gasteiger partial charge is 0.306 e. The largest absolute Gasteiger partial charge is 0.544 e. The minimum atomic E-state index is -1.13. The zero-order chi connectivity index (χ0) is 40.0. The van der Waals surface area contributed by atoms with Crippen LogP contribution in [0.5, 0.6) is 0 Å². The van der Waals surface area contributed by atoms with E-state index in [4.69, 9.17) is 14.2 Å². The molecule has 0 aromatic carbocycles. The summed E-state index contributed by atoms with van der Waals surface area (Å²) in [5.41, 5.74) is 0. The molecule has 0 aliphatic heterocycles. The van der Waals surface area contributed by atoms with Crippen molar-refractivity contribution in [3.05, 3.63) is 72.9 Å². The number of likely N-dealkylation sites (N-methyl/N-ethyl adjacent to an activating group) is 1. The van der Waals surface area contributed by atoms with Crippen LogP contribution < -0.4 is 5.11 Å². The third-order valence-corrected chi connectivity index (χ3v) is 8.83. The minimum absolute atomic E-state index is 0.0239. The number of unbranched alkanes of at least 4 members (excludes halogenated alkanes) is 10. The van der Waals surface area contributed by atoms with Crippen molar-refractivity contribution in [2.24, 2.45) is 0 Å². The van der Waals surface area contributed by atoms with Crippen LogP contribution in [0.4, 0.5) is 0 Å². The Bertz CT molecular complexity index is 1110. The monoisotopic (exact) mass is 756 g/mol. The molecule has 0 spiro atoms. The van der Waals surface area contributed by atoms with Crippen LogP contribution in [0.15, 0.2) is 72.9 Å². The van der Waals surface area contributed by atoms with Gasteiger partial charge in [0.05, 0.1) is 40.3 Å². The van der Waals surface area contributed by atoms with Gasteiger partial charge in [-0.1, -0.05) is 125 Å². The Kier molecular flexibility index (Phi) is 34.5. The summed E-state index contributed by atoms with van der Waals surface area (Å²) in [6, 6.07) is -0.734. The van der Waals surface area contributed by atoms with E-state index in [-0.39, 0.29) is 42.7 Å². The standard InChI is InChI=1S/C46H77NO7/c1-6-8-10-12-14-16-18-19-20-21-22-23-24-25-26-27-29-30-32-34-36-44(48)53-41-42(40-52-39-38-43(46(50)51)47(3,4)5)54-45(49)37-35-33-31-28-17-15-13-11-9-7-2/h8,10,13-16,19-20,22-23,25-26,42-43H,6-7,9,11-12,17-18,21,24,27-41H2,1-5H3/b10-8+,15-13+,16-14+,20-19+,23-22+,26-25+. The number of allylic oxidation sites excluding steroid dienone is 12. The van der Waals surface area contributed by atoms with Gasteiger partial charge in [-0.05, 0) is 77.0 Å². The normalized spacial score (nSPS) is 13.7. The minimum Gasteiger partial charge on any atom is -0.544 e. The van der Waals surface area contributed by atoms with E-state index in [0.29, 0.717) is 12.8 Å². The van der Waals surface area contributed by atoms with Gasteiger partial charge in [-0.25, -0.2) is 0 Å². The van der Waals surface area contributed by atoms with Crippen LogP contribution in [0.1, 0.15) is 149 Å². The summed E-state index contributed by atoms with van der Waals surface area (Å²) in [4.78, 5) is 36.7. The lowest BCUT2D eigenvalue weighted by Gasteiger charge is -2.34. The first-order valence-corrected chi connectivity index (χ1v) is 21.0. The molecule has 0 rings (SSSR count). The molecule has 8 heteroatoms. The number of hydrogen-bond acceptors (Lipinski definition) is 7. The van der Waals surface area contributed by atoms with Crippen LogP contribution in [0.3, 0.4) is 0 Å². The van der Waals surface area contributed by atoms with Crippen LogP contribution >= 0.6 is 0 Å². The first kappa shape index (κ1) is 50.8. The van der Waals surface area contributed by atoms with Gasteiger partial charge in [0.25, 0.3) is 0 Å². The van der Waals surface area contributed by atoms with E-state index in [2.05, 4.69) is 86.8 Å². The predicted molar refractivity (Wildman–Crippen MR) is 222 cm³/mol. The quantitative estimate of drug-likeness (QED) is 0.0272. The van der Waals surface area contributed by atoms with E-state index in [1.807, 2.05) is 0 Å². The summed E-state index contributed by atoms with van der Waals surface area (Å²) in [5.74, 6) is -1.80. The fourth-order valence-electron chi connectivity index (χ4n) is 5.55. The topological polar surface area (TPSA) is 102 Å². The lowest BCUT2D eigenvalue weighted by atomic mass is 10.1. The second-order valence-electron chi connectivity index (χ2n) is 14.8. The Morgan fingerprint density at radius 3 is 1.54 bits per heavy atom. The molecule has 54 heavy (non-hydrogen) atoms. The van der Waals surface area contributed by atoms with Crippen molar-refractivity contribution in [2.45, 2.75) is 161 Å². The maximum absolute atomic E-state index is 12.6. The molecule has 0 saturated heterocycles. The molecule has 0 aromatic rings. The van der Waals surface area contributed by atoms with E-state index >= 15 is 0 Å². The van der Waals surface area contributed by atoms with Crippen molar-refractivity contribution < 1.29 is 38.2 Å². The van der Waals surface area contributed by atoms with Gasteiger partial charge in [0.1, 0.15) is 12.6 Å². The number of aliphatic carboxylic acids is 1. The second-order valence-corrected chi connectivity index (χ2v) is 14.8. The number of quaternary nitrogens is 1. The van der Waals surface area contributed by atoms with Crippen molar-refractivity contribution in [1.29, 1.82) is 0 Å². The van der Waals surface area contributed by atoms with E-state index in [9.17, 15) is 19.5 Å². The van der Waals surface area contributed by atoms with Gasteiger partial charge in [0.2, 0.25) is 0 Å². The lowest BCUT2D eigenvalue weighted by molar-refractivity contribution is -0.889. The van der Waals surface area contributed by atoms with Gasteiger partial charge in [0.15, 0.2) is 6.10 Å². The average molecular weight is 756 g/mol. The maximum Gasteiger partial charge on any atom is 0.306 e. The molecule has 2 atom stereocenters. The highest BCUT2D eigenvalue weighted by Gasteiger charge is 2.25. The number of esters is 2. The van der Waals surface area contributed by atoms with E-state index in [1.165, 1.54) is 12.8 Å². The predicted octanol–water partition coefficient (Wildman–Crippen LogP) is 9.85. The first-order valence-electron chi connectivity index (χ1n) is 21.0. The highest BCUT2D eigenvalue weighted by atomic mass is 16.6. The Morgan fingerprint density at radius 2 is 1.04 bits per heavy atom. The molecule has 308 valence electrons. The van der Waals surface area contributed by atoms with E-state index in [0.717, 1.165) is 103 Å². The third kappa shape index (κ3) is 34.5. The van der Waals surface area contributed by atoms with Crippen molar-refractivity contribution in [1.82, 2.24) is 0 Å². The molecule has 0 heterocycles. The Balaban J connectivity index is 4.38. The number of carbonyl (C=O) groups excluding carboxylic acids is 3. The average Bonchev–Trinajstić information content (AvgIpc) is 3.12. The molecular weight excluding hydrogens is 679 g/mol. The van der Waals surface area contributed by atoms with Crippen molar-refractivity contribution >= 4 is 17.9 Å². The SMILES string of the molecule is CC/C=C/C/C=C/C/C=C/C/C=C/C/C=C/CCCCCCC(=O)OCC(COCCC(C(=O)[O-])[N+](C)(C)C)OC(=O)CCCCCC/C=C/CCCC. The Labute approximate surface area is 330 Å². The molecule has 8 nitrogen and oxygen atoms in total. The molecule has 0 aliphatic carbocycles. The Hall–Kier alpha value is -3.23. The summed E-state index contributed by atoms with van der Waals surface area (Å²) < 4.78 is 17.1. The molecule has 0 fully saturated rings. The first-order chi connectivity index (χ1) is 26.1. The molecule has 0 saturated carbocycles. The van der Waals surface area contributed by atoms with Crippen molar-refractivity contribution in [3.63, 3.8) is 0 Å². The zero-order valence-electron chi connectivity index (χ0n) is 34.9. The van der Waals surface area contributed by atoms with Crippen LogP contribution in [0.2, 0.25) is 0 Å². The van der Waals surface area contributed by atoms with Crippen molar-refractivity contribution in [3.8, 4) is 0 Å². The van der Waals surface area contributed by atoms with Gasteiger partial charge in [-0.3, -0.25) is 9.59 Å². The van der Waals surface area contributed by atoms with Gasteiger partial charge in [0, 0.05) is 19.3 Å². The van der Waals surface area contributed by atoms with Crippen LogP contribution in [-0.2, 0) is 28.6 Å². The fraction of sp³-hybridized carbons (Fsp3) is 0.674. The molecule has 0 bridgehead atoms. The van der Waals surface area contributed by atoms with Gasteiger partial charge in [-0.2, -0.15) is 0 Å². The second kappa shape index (κ2) is 36.7. The number of carboxylic acid groups (broad SMARTS) is 1. The summed E-state index contributed by atoms with van der Waals surface area (Å²) in [6.45, 7) is 4.44. The molecule has 0 amide bonds. The molecule has 0 N–H and O–H groups in total. The number of ether oxygens (including phenoxy) is 3. The third-order valence-electron chi connectivity index (χ3n) is 8.83. The maximum atomic E-state index is 12.6. The van der Waals surface area contributed by atoms with Crippen LogP contribution in [0.25, 0.3) is 0 Å². The number of hydrogen-bond donors (Lipinski definition) is 0. The number of carbonyl (C=O) groups is 3. The fourth-order valence-corrected chi connectivity index (χ4v) is 5.55. The Morgan fingerprint density at radius 1 is 0.574 bits per heavy atom. The lowest BCUT2D eigenvalue weighted by Crippen LogP contribution is -2.55. The van der Waals surface area contributed by atoms with Gasteiger partial charge in [-0.15, -0.1) is 0 Å². The number of carboxylic acids is 1. The molecule has 0 radical (unpaired) electrons. The highest BCUT2D eigenvalue weighted by molar-refractivity contribution is 5.70. The van der Waals surface area contributed by atoms with E-state index in [1.54, 1.807) is 21.1 Å². The zero-order valence-corrected chi connectivity index (χ0v) is 34.9. The van der Waals surface area contributed by atoms with Gasteiger partial charge < -0.3 is 28.6 Å². The van der Waals surface area contributed by atoms with Crippen LogP contribution in [-0.4, -0.2) is 75.5 Å². The molecule has 0 aliphatic rings. The molecule has 0 aromatic heterocycles. The molecule has 2 unspecified atom stereocenters. The van der Waals surface area contributed by atoms with Crippen LogP contribution in [0, 0.1) is 0 Å². The summed E-state index contributed by atoms with van der Waals surface area (Å²) in [7, 11) is 5.38. The van der Waals surface area contributed by atoms with Gasteiger partial charge >= 0.3 is 11.9 Å².